The number of aryl methyl sites for hydroxylation is 1. The molecular formula is C19H21F3N4. The molecule has 2 aromatic rings. The van der Waals surface area contributed by atoms with Crippen molar-refractivity contribution in [2.75, 3.05) is 0 Å². The number of benzene rings is 1. The van der Waals surface area contributed by atoms with E-state index in [4.69, 9.17) is 5.26 Å². The molecule has 1 fully saturated rings. The third-order valence-electron chi connectivity index (χ3n) is 4.79. The molecule has 1 aliphatic rings. The van der Waals surface area contributed by atoms with Gasteiger partial charge in [-0.25, -0.2) is 13.2 Å². The summed E-state index contributed by atoms with van der Waals surface area (Å²) < 4.78 is 42.3. The Morgan fingerprint density at radius 2 is 2.00 bits per heavy atom. The Morgan fingerprint density at radius 1 is 1.27 bits per heavy atom. The fourth-order valence-electron chi connectivity index (χ4n) is 3.50. The molecule has 0 bridgehead atoms. The van der Waals surface area contributed by atoms with Gasteiger partial charge in [0.2, 0.25) is 0 Å². The first-order chi connectivity index (χ1) is 12.5. The van der Waals surface area contributed by atoms with Crippen molar-refractivity contribution in [1.29, 1.82) is 5.26 Å². The van der Waals surface area contributed by atoms with Crippen LogP contribution in [0.1, 0.15) is 36.9 Å². The summed E-state index contributed by atoms with van der Waals surface area (Å²) in [6, 6.07) is 5.52. The van der Waals surface area contributed by atoms with Gasteiger partial charge in [-0.2, -0.15) is 10.4 Å². The van der Waals surface area contributed by atoms with Crippen molar-refractivity contribution in [3.8, 4) is 17.3 Å². The van der Waals surface area contributed by atoms with Crippen molar-refractivity contribution < 1.29 is 13.2 Å². The summed E-state index contributed by atoms with van der Waals surface area (Å²) >= 11 is 0. The molecule has 26 heavy (non-hydrogen) atoms. The third kappa shape index (κ3) is 4.07. The highest BCUT2D eigenvalue weighted by molar-refractivity contribution is 5.64. The number of rotatable bonds is 6. The molecule has 1 aromatic carbocycles. The first-order valence-corrected chi connectivity index (χ1v) is 8.75. The molecule has 0 amide bonds. The van der Waals surface area contributed by atoms with E-state index >= 15 is 0 Å². The number of hydrogen-bond donors (Lipinski definition) is 1. The minimum absolute atomic E-state index is 0.115. The molecule has 1 aliphatic carbocycles. The van der Waals surface area contributed by atoms with Crippen molar-refractivity contribution >= 4 is 0 Å². The van der Waals surface area contributed by atoms with Crippen LogP contribution < -0.4 is 5.32 Å². The SMILES string of the molecule is Cc1c(CNC2CCC(F)C2)nn(CCC#N)c1-c1cc(F)cc(F)c1. The molecule has 0 aliphatic heterocycles. The fraction of sp³-hybridized carbons (Fsp3) is 0.474. The van der Waals surface area contributed by atoms with Gasteiger partial charge in [0, 0.05) is 24.2 Å². The molecule has 0 radical (unpaired) electrons. The summed E-state index contributed by atoms with van der Waals surface area (Å²) in [5.41, 5.74) is 2.53. The highest BCUT2D eigenvalue weighted by atomic mass is 19.1. The molecule has 0 spiro atoms. The first-order valence-electron chi connectivity index (χ1n) is 8.75. The minimum atomic E-state index is -0.757. The maximum absolute atomic E-state index is 13.7. The molecule has 4 nitrogen and oxygen atoms in total. The van der Waals surface area contributed by atoms with Crippen molar-refractivity contribution in [3.05, 3.63) is 41.1 Å². The van der Waals surface area contributed by atoms with Crippen LogP contribution in [0.5, 0.6) is 0 Å². The fourth-order valence-corrected chi connectivity index (χ4v) is 3.50. The van der Waals surface area contributed by atoms with E-state index in [2.05, 4.69) is 16.5 Å². The zero-order valence-electron chi connectivity index (χ0n) is 14.6. The number of nitrogens with one attached hydrogen (secondary N) is 1. The molecule has 1 heterocycles. The van der Waals surface area contributed by atoms with E-state index in [-0.39, 0.29) is 12.5 Å². The normalized spacial score (nSPS) is 19.7. The Labute approximate surface area is 150 Å². The smallest absolute Gasteiger partial charge is 0.126 e. The second kappa shape index (κ2) is 7.92. The Bertz CT molecular complexity index is 805. The van der Waals surface area contributed by atoms with Crippen LogP contribution in [0.25, 0.3) is 11.3 Å². The van der Waals surface area contributed by atoms with Crippen LogP contribution in [-0.4, -0.2) is 22.0 Å². The van der Waals surface area contributed by atoms with E-state index in [9.17, 15) is 13.2 Å². The molecule has 1 aromatic heterocycles. The predicted molar refractivity (Wildman–Crippen MR) is 91.9 cm³/mol. The number of aromatic nitrogens is 2. The Kier molecular flexibility index (Phi) is 5.62. The predicted octanol–water partition coefficient (Wildman–Crippen LogP) is 4.03. The lowest BCUT2D eigenvalue weighted by Crippen LogP contribution is -2.26. The molecule has 138 valence electrons. The number of alkyl halides is 1. The van der Waals surface area contributed by atoms with E-state index < -0.39 is 17.8 Å². The first kappa shape index (κ1) is 18.5. The lowest BCUT2D eigenvalue weighted by Gasteiger charge is -2.10. The van der Waals surface area contributed by atoms with Gasteiger partial charge in [0.15, 0.2) is 0 Å². The van der Waals surface area contributed by atoms with Crippen LogP contribution in [0.3, 0.4) is 0 Å². The molecular weight excluding hydrogens is 341 g/mol. The molecule has 0 saturated heterocycles. The Morgan fingerprint density at radius 3 is 2.62 bits per heavy atom. The van der Waals surface area contributed by atoms with Gasteiger partial charge in [-0.15, -0.1) is 0 Å². The van der Waals surface area contributed by atoms with Crippen LogP contribution in [0.15, 0.2) is 18.2 Å². The maximum Gasteiger partial charge on any atom is 0.126 e. The second-order valence-electron chi connectivity index (χ2n) is 6.70. The Balaban J connectivity index is 1.89. The van der Waals surface area contributed by atoms with E-state index in [0.29, 0.717) is 37.2 Å². The van der Waals surface area contributed by atoms with Gasteiger partial charge in [0.05, 0.1) is 30.4 Å². The van der Waals surface area contributed by atoms with Gasteiger partial charge in [-0.05, 0) is 43.9 Å². The molecule has 2 unspecified atom stereocenters. The lowest BCUT2D eigenvalue weighted by molar-refractivity contribution is 0.333. The molecule has 1 N–H and O–H groups in total. The highest BCUT2D eigenvalue weighted by Gasteiger charge is 2.24. The van der Waals surface area contributed by atoms with Crippen LogP contribution in [0.2, 0.25) is 0 Å². The van der Waals surface area contributed by atoms with Crippen LogP contribution in [0, 0.1) is 29.9 Å². The zero-order valence-corrected chi connectivity index (χ0v) is 14.6. The molecule has 3 rings (SSSR count). The topological polar surface area (TPSA) is 53.6 Å². The van der Waals surface area contributed by atoms with Crippen molar-refractivity contribution in [2.24, 2.45) is 0 Å². The number of hydrogen-bond acceptors (Lipinski definition) is 3. The molecule has 1 saturated carbocycles. The van der Waals surface area contributed by atoms with E-state index in [0.717, 1.165) is 23.7 Å². The summed E-state index contributed by atoms with van der Waals surface area (Å²) in [5, 5.41) is 16.7. The monoisotopic (exact) mass is 362 g/mol. The molecule has 7 heteroatoms. The van der Waals surface area contributed by atoms with Crippen LogP contribution in [0.4, 0.5) is 13.2 Å². The van der Waals surface area contributed by atoms with Gasteiger partial charge in [0.25, 0.3) is 0 Å². The summed E-state index contributed by atoms with van der Waals surface area (Å²) in [6.07, 6.45) is 1.34. The quantitative estimate of drug-likeness (QED) is 0.844. The van der Waals surface area contributed by atoms with Gasteiger partial charge in [-0.3, -0.25) is 4.68 Å². The molecule has 2 atom stereocenters. The third-order valence-corrected chi connectivity index (χ3v) is 4.79. The van der Waals surface area contributed by atoms with Crippen molar-refractivity contribution in [3.63, 3.8) is 0 Å². The Hall–Kier alpha value is -2.33. The summed E-state index contributed by atoms with van der Waals surface area (Å²) in [6.45, 7) is 2.63. The van der Waals surface area contributed by atoms with Gasteiger partial charge in [0.1, 0.15) is 17.8 Å². The van der Waals surface area contributed by atoms with E-state index in [1.807, 2.05) is 6.92 Å². The standard InChI is InChI=1S/C19H21F3N4/c1-12-18(11-24-17-4-3-14(20)10-17)25-26(6-2-5-23)19(12)13-7-15(21)9-16(22)8-13/h7-9,14,17,24H,2-4,6,10-11H2,1H3. The van der Waals surface area contributed by atoms with E-state index in [1.54, 1.807) is 4.68 Å². The lowest BCUT2D eigenvalue weighted by atomic mass is 10.1. The average Bonchev–Trinajstić information content (AvgIpc) is 3.13. The van der Waals surface area contributed by atoms with Crippen LogP contribution >= 0.6 is 0 Å². The number of halogens is 3. The summed E-state index contributed by atoms with van der Waals surface area (Å²) in [7, 11) is 0. The summed E-state index contributed by atoms with van der Waals surface area (Å²) in [5.74, 6) is -1.32. The van der Waals surface area contributed by atoms with Crippen molar-refractivity contribution in [1.82, 2.24) is 15.1 Å². The number of nitrogens with zero attached hydrogens (tertiary/aromatic N) is 3. The van der Waals surface area contributed by atoms with Crippen molar-refractivity contribution in [2.45, 2.75) is 57.9 Å². The highest BCUT2D eigenvalue weighted by Crippen LogP contribution is 2.28. The summed E-state index contributed by atoms with van der Waals surface area (Å²) in [4.78, 5) is 0. The largest absolute Gasteiger partial charge is 0.308 e. The average molecular weight is 362 g/mol. The van der Waals surface area contributed by atoms with Gasteiger partial charge < -0.3 is 5.32 Å². The zero-order chi connectivity index (χ0) is 18.7. The number of nitriles is 1. The van der Waals surface area contributed by atoms with Crippen LogP contribution in [-0.2, 0) is 13.1 Å². The van der Waals surface area contributed by atoms with Gasteiger partial charge in [-0.1, -0.05) is 0 Å². The minimum Gasteiger partial charge on any atom is -0.308 e. The second-order valence-corrected chi connectivity index (χ2v) is 6.70. The van der Waals surface area contributed by atoms with Gasteiger partial charge >= 0.3 is 0 Å². The van der Waals surface area contributed by atoms with E-state index in [1.165, 1.54) is 12.1 Å². The maximum atomic E-state index is 13.7.